The molecule has 0 atom stereocenters. The Morgan fingerprint density at radius 1 is 1.39 bits per heavy atom. The van der Waals surface area contributed by atoms with E-state index in [9.17, 15) is 4.79 Å². The van der Waals surface area contributed by atoms with Crippen molar-refractivity contribution in [2.75, 3.05) is 26.2 Å². The summed E-state index contributed by atoms with van der Waals surface area (Å²) in [7, 11) is 1.97. The maximum absolute atomic E-state index is 12.2. The van der Waals surface area contributed by atoms with Crippen LogP contribution in [0.25, 0.3) is 11.0 Å². The van der Waals surface area contributed by atoms with Crippen molar-refractivity contribution in [2.45, 2.75) is 26.2 Å². The van der Waals surface area contributed by atoms with Crippen LogP contribution in [-0.2, 0) is 18.3 Å². The molecule has 0 aromatic carbocycles. The molecule has 1 aliphatic rings. The second-order valence-corrected chi connectivity index (χ2v) is 6.69. The highest BCUT2D eigenvalue weighted by molar-refractivity contribution is 5.87. The minimum absolute atomic E-state index is 0.0896. The lowest BCUT2D eigenvalue weighted by Gasteiger charge is -2.30. The molecule has 1 N–H and O–H groups in total. The van der Waals surface area contributed by atoms with Gasteiger partial charge in [0, 0.05) is 37.9 Å². The van der Waals surface area contributed by atoms with Crippen LogP contribution in [0, 0.1) is 5.92 Å². The number of amides is 1. The molecule has 3 rings (SSSR count). The molecule has 3 heterocycles. The minimum Gasteiger partial charge on any atom is -0.355 e. The lowest BCUT2D eigenvalue weighted by Crippen LogP contribution is -2.39. The van der Waals surface area contributed by atoms with Crippen LogP contribution in [0.2, 0.25) is 0 Å². The number of carbonyl (C=O) groups is 1. The number of fused-ring (bicyclic) bond motifs is 1. The van der Waals surface area contributed by atoms with Gasteiger partial charge < -0.3 is 14.8 Å². The largest absolute Gasteiger partial charge is 0.355 e. The molecule has 0 saturated carbocycles. The van der Waals surface area contributed by atoms with Crippen molar-refractivity contribution in [3.05, 3.63) is 30.1 Å². The molecular formula is C18H26N4O. The van der Waals surface area contributed by atoms with Gasteiger partial charge in [0.1, 0.15) is 5.65 Å². The normalized spacial score (nSPS) is 16.8. The quantitative estimate of drug-likeness (QED) is 0.918. The van der Waals surface area contributed by atoms with Gasteiger partial charge in [0.05, 0.1) is 6.42 Å². The van der Waals surface area contributed by atoms with Gasteiger partial charge in [0.15, 0.2) is 0 Å². The second-order valence-electron chi connectivity index (χ2n) is 6.69. The van der Waals surface area contributed by atoms with E-state index in [2.05, 4.69) is 22.1 Å². The fourth-order valence-electron chi connectivity index (χ4n) is 3.31. The molecule has 0 radical (unpaired) electrons. The van der Waals surface area contributed by atoms with Crippen LogP contribution in [0.3, 0.4) is 0 Å². The monoisotopic (exact) mass is 314 g/mol. The van der Waals surface area contributed by atoms with Crippen molar-refractivity contribution in [3.63, 3.8) is 0 Å². The fraction of sp³-hybridized carbons (Fsp3) is 0.556. The lowest BCUT2D eigenvalue weighted by molar-refractivity contribution is -0.120. The fourth-order valence-corrected chi connectivity index (χ4v) is 3.31. The van der Waals surface area contributed by atoms with Crippen LogP contribution in [-0.4, -0.2) is 46.5 Å². The summed E-state index contributed by atoms with van der Waals surface area (Å²) in [5, 5.41) is 4.12. The second kappa shape index (κ2) is 7.13. The van der Waals surface area contributed by atoms with E-state index >= 15 is 0 Å². The van der Waals surface area contributed by atoms with Crippen LogP contribution in [0.1, 0.15) is 25.3 Å². The first-order valence-corrected chi connectivity index (χ1v) is 8.51. The number of nitrogens with zero attached hydrogens (tertiary/aromatic N) is 3. The van der Waals surface area contributed by atoms with Gasteiger partial charge in [-0.3, -0.25) is 4.79 Å². The predicted molar refractivity (Wildman–Crippen MR) is 92.3 cm³/mol. The number of rotatable bonds is 5. The van der Waals surface area contributed by atoms with E-state index in [1.54, 1.807) is 6.20 Å². The Hall–Kier alpha value is -1.88. The molecular weight excluding hydrogens is 288 g/mol. The van der Waals surface area contributed by atoms with Crippen LogP contribution in [0.5, 0.6) is 0 Å². The molecule has 1 fully saturated rings. The maximum Gasteiger partial charge on any atom is 0.224 e. The number of hydrogen-bond acceptors (Lipinski definition) is 3. The third-order valence-corrected chi connectivity index (χ3v) is 4.79. The SMILES string of the molecule is CC1CCN(CCNC(=O)Cc2cn(C)c3ncccc23)CC1. The topological polar surface area (TPSA) is 50.2 Å². The average molecular weight is 314 g/mol. The highest BCUT2D eigenvalue weighted by Gasteiger charge is 2.15. The zero-order valence-corrected chi connectivity index (χ0v) is 14.1. The zero-order chi connectivity index (χ0) is 16.2. The van der Waals surface area contributed by atoms with Crippen LogP contribution in [0.15, 0.2) is 24.5 Å². The molecule has 124 valence electrons. The van der Waals surface area contributed by atoms with Crippen LogP contribution >= 0.6 is 0 Å². The molecule has 1 amide bonds. The van der Waals surface area contributed by atoms with E-state index < -0.39 is 0 Å². The number of aryl methyl sites for hydroxylation is 1. The highest BCUT2D eigenvalue weighted by atomic mass is 16.1. The molecule has 23 heavy (non-hydrogen) atoms. The summed E-state index contributed by atoms with van der Waals surface area (Å²) in [6.07, 6.45) is 6.75. The molecule has 5 nitrogen and oxygen atoms in total. The maximum atomic E-state index is 12.2. The summed E-state index contributed by atoms with van der Waals surface area (Å²) in [5.74, 6) is 0.938. The molecule has 2 aromatic heterocycles. The summed E-state index contributed by atoms with van der Waals surface area (Å²) >= 11 is 0. The number of pyridine rings is 1. The molecule has 0 aliphatic carbocycles. The van der Waals surface area contributed by atoms with Crippen molar-refractivity contribution in [1.82, 2.24) is 19.8 Å². The van der Waals surface area contributed by atoms with Gasteiger partial charge >= 0.3 is 0 Å². The Morgan fingerprint density at radius 3 is 2.96 bits per heavy atom. The van der Waals surface area contributed by atoms with Gasteiger partial charge in [-0.2, -0.15) is 0 Å². The van der Waals surface area contributed by atoms with Gasteiger partial charge in [0.25, 0.3) is 0 Å². The number of piperidine rings is 1. The van der Waals surface area contributed by atoms with Crippen molar-refractivity contribution < 1.29 is 4.79 Å². The first-order chi connectivity index (χ1) is 11.1. The number of carbonyl (C=O) groups excluding carboxylic acids is 1. The third kappa shape index (κ3) is 3.91. The summed E-state index contributed by atoms with van der Waals surface area (Å²) in [5.41, 5.74) is 1.97. The Kier molecular flexibility index (Phi) is 4.96. The molecule has 2 aromatic rings. The van der Waals surface area contributed by atoms with E-state index in [0.29, 0.717) is 6.42 Å². The molecule has 1 saturated heterocycles. The highest BCUT2D eigenvalue weighted by Crippen LogP contribution is 2.18. The van der Waals surface area contributed by atoms with E-state index in [1.165, 1.54) is 12.8 Å². The van der Waals surface area contributed by atoms with Gasteiger partial charge in [-0.1, -0.05) is 6.92 Å². The number of aromatic nitrogens is 2. The molecule has 5 heteroatoms. The van der Waals surface area contributed by atoms with Crippen molar-refractivity contribution >= 4 is 16.9 Å². The summed E-state index contributed by atoms with van der Waals surface area (Å²) in [6, 6.07) is 3.95. The lowest BCUT2D eigenvalue weighted by atomic mass is 9.99. The number of nitrogens with one attached hydrogen (secondary N) is 1. The number of likely N-dealkylation sites (tertiary alicyclic amines) is 1. The molecule has 0 unspecified atom stereocenters. The van der Waals surface area contributed by atoms with E-state index in [-0.39, 0.29) is 5.91 Å². The van der Waals surface area contributed by atoms with Crippen LogP contribution < -0.4 is 5.32 Å². The minimum atomic E-state index is 0.0896. The van der Waals surface area contributed by atoms with Gasteiger partial charge in [0.2, 0.25) is 5.91 Å². The Balaban J connectivity index is 1.49. The van der Waals surface area contributed by atoms with Crippen molar-refractivity contribution in [2.24, 2.45) is 13.0 Å². The first-order valence-electron chi connectivity index (χ1n) is 8.51. The van der Waals surface area contributed by atoms with Crippen molar-refractivity contribution in [3.8, 4) is 0 Å². The summed E-state index contributed by atoms with van der Waals surface area (Å²) < 4.78 is 1.98. The molecule has 0 spiro atoms. The van der Waals surface area contributed by atoms with Gasteiger partial charge in [-0.25, -0.2) is 4.98 Å². The van der Waals surface area contributed by atoms with E-state index in [1.807, 2.05) is 29.9 Å². The zero-order valence-electron chi connectivity index (χ0n) is 14.1. The Bertz CT molecular complexity index is 671. The van der Waals surface area contributed by atoms with E-state index in [0.717, 1.165) is 48.7 Å². The Morgan fingerprint density at radius 2 is 2.17 bits per heavy atom. The van der Waals surface area contributed by atoms with Gasteiger partial charge in [-0.15, -0.1) is 0 Å². The average Bonchev–Trinajstić information content (AvgIpc) is 2.86. The first kappa shape index (κ1) is 16.0. The summed E-state index contributed by atoms with van der Waals surface area (Å²) in [6.45, 7) is 6.32. The van der Waals surface area contributed by atoms with Crippen molar-refractivity contribution in [1.29, 1.82) is 0 Å². The predicted octanol–water partition coefficient (Wildman–Crippen LogP) is 1.96. The van der Waals surface area contributed by atoms with E-state index in [4.69, 9.17) is 0 Å². The molecule has 0 bridgehead atoms. The standard InChI is InChI=1S/C18H26N4O/c1-14-5-9-22(10-6-14)11-8-19-17(23)12-15-13-21(2)18-16(15)4-3-7-20-18/h3-4,7,13-14H,5-6,8-12H2,1-2H3,(H,19,23). The Labute approximate surface area is 137 Å². The third-order valence-electron chi connectivity index (χ3n) is 4.79. The van der Waals surface area contributed by atoms with Crippen LogP contribution in [0.4, 0.5) is 0 Å². The summed E-state index contributed by atoms with van der Waals surface area (Å²) in [4.78, 5) is 19.0. The number of hydrogen-bond donors (Lipinski definition) is 1. The molecule has 1 aliphatic heterocycles. The van der Waals surface area contributed by atoms with Gasteiger partial charge in [-0.05, 0) is 49.5 Å². The smallest absolute Gasteiger partial charge is 0.224 e.